The van der Waals surface area contributed by atoms with E-state index in [0.29, 0.717) is 0 Å². The summed E-state index contributed by atoms with van der Waals surface area (Å²) in [7, 11) is 2.96. The summed E-state index contributed by atoms with van der Waals surface area (Å²) in [6, 6.07) is 0. The van der Waals surface area contributed by atoms with Crippen LogP contribution in [0.25, 0.3) is 0 Å². The molecule has 0 saturated heterocycles. The summed E-state index contributed by atoms with van der Waals surface area (Å²) in [5, 5.41) is 1.73. The molecule has 0 fully saturated rings. The zero-order valence-corrected chi connectivity index (χ0v) is 7.26. The highest BCUT2D eigenvalue weighted by Gasteiger charge is 1.97. The number of hydrogen-bond donors (Lipinski definition) is 0. The highest BCUT2D eigenvalue weighted by Crippen LogP contribution is 2.42. The van der Waals surface area contributed by atoms with Crippen molar-refractivity contribution in [2.75, 3.05) is 0 Å². The van der Waals surface area contributed by atoms with E-state index in [-0.39, 0.29) is 7.53 Å². The molecule has 0 N–H and O–H groups in total. The van der Waals surface area contributed by atoms with Crippen molar-refractivity contribution in [2.45, 2.75) is 6.92 Å². The topological polar surface area (TPSA) is 0 Å². The van der Waals surface area contributed by atoms with E-state index in [4.69, 9.17) is 0 Å². The first-order valence-corrected chi connectivity index (χ1v) is 6.82. The summed E-state index contributed by atoms with van der Waals surface area (Å²) in [5.74, 6) is 0. The van der Waals surface area contributed by atoms with E-state index in [2.05, 4.69) is 19.1 Å². The molecule has 0 radical (unpaired) electrons. The second-order valence-electron chi connectivity index (χ2n) is 1.55. The lowest BCUT2D eigenvalue weighted by atomic mass is 11.0. The molecule has 0 aliphatic carbocycles. The molecule has 1 heterocycles. The van der Waals surface area contributed by atoms with Crippen LogP contribution in [0.5, 0.6) is 0 Å². The largest absolute Gasteiger partial charge is 0.172 e. The van der Waals surface area contributed by atoms with Crippen molar-refractivity contribution in [1.29, 1.82) is 0 Å². The fraction of sp³-hybridized carbons (Fsp3) is 0.500. The van der Waals surface area contributed by atoms with Gasteiger partial charge < -0.3 is 0 Å². The molecule has 0 aliphatic rings. The lowest BCUT2D eigenvalue weighted by Gasteiger charge is -1.71. The standard InChI is InChI=1S/C4H8P3/c1-4-6-5-3-7(4)2/h3,6H,1-2H3/q+1. The SMILES string of the molecule is Cc1[pH]pc[p+]1C. The van der Waals surface area contributed by atoms with Crippen LogP contribution in [0.4, 0.5) is 0 Å². The van der Waals surface area contributed by atoms with Gasteiger partial charge in [-0.05, 0) is 6.92 Å². The van der Waals surface area contributed by atoms with E-state index in [1.807, 2.05) is 0 Å². The Morgan fingerprint density at radius 3 is 2.71 bits per heavy atom. The zero-order chi connectivity index (χ0) is 5.28. The van der Waals surface area contributed by atoms with Crippen LogP contribution in [0.15, 0.2) is 5.53 Å². The van der Waals surface area contributed by atoms with Gasteiger partial charge in [-0.3, -0.25) is 0 Å². The molecule has 0 aliphatic heterocycles. The van der Waals surface area contributed by atoms with Gasteiger partial charge in [0, 0.05) is 14.2 Å². The van der Waals surface area contributed by atoms with E-state index >= 15 is 0 Å². The lowest BCUT2D eigenvalue weighted by molar-refractivity contribution is 1.76. The van der Waals surface area contributed by atoms with Gasteiger partial charge in [0.05, 0.1) is 7.87 Å². The van der Waals surface area contributed by atoms with Gasteiger partial charge in [0.25, 0.3) is 0 Å². The van der Waals surface area contributed by atoms with Gasteiger partial charge in [-0.25, -0.2) is 0 Å². The molecule has 0 bridgehead atoms. The molecule has 0 spiro atoms. The molecule has 1 aromatic rings. The Morgan fingerprint density at radius 1 is 1.86 bits per heavy atom. The maximum atomic E-state index is 2.43. The van der Waals surface area contributed by atoms with E-state index in [1.165, 1.54) is 0 Å². The van der Waals surface area contributed by atoms with Crippen molar-refractivity contribution >= 4 is 23.3 Å². The second-order valence-corrected chi connectivity index (χ2v) is 7.47. The number of aryl methyl sites for hydroxylation is 2. The molecule has 1 aromatic heterocycles. The van der Waals surface area contributed by atoms with E-state index < -0.39 is 0 Å². The quantitative estimate of drug-likeness (QED) is 0.530. The Kier molecular flexibility index (Phi) is 1.87. The van der Waals surface area contributed by atoms with Gasteiger partial charge in [-0.15, -0.1) is 0 Å². The summed E-state index contributed by atoms with van der Waals surface area (Å²) in [5.41, 5.74) is 2.43. The average molecular weight is 149 g/mol. The van der Waals surface area contributed by atoms with Gasteiger partial charge in [0.2, 0.25) is 0 Å². The molecule has 2 atom stereocenters. The lowest BCUT2D eigenvalue weighted by Crippen LogP contribution is -1.43. The summed E-state index contributed by atoms with van der Waals surface area (Å²) >= 11 is 0. The van der Waals surface area contributed by atoms with Crippen LogP contribution < -0.4 is 0 Å². The first-order valence-electron chi connectivity index (χ1n) is 2.16. The van der Waals surface area contributed by atoms with Crippen molar-refractivity contribution in [3.8, 4) is 0 Å². The van der Waals surface area contributed by atoms with E-state index in [9.17, 15) is 0 Å². The molecule has 38 valence electrons. The van der Waals surface area contributed by atoms with E-state index in [1.54, 1.807) is 12.9 Å². The average Bonchev–Trinajstić information content (AvgIpc) is 1.91. The molecule has 1 rings (SSSR count). The molecule has 3 heteroatoms. The van der Waals surface area contributed by atoms with Crippen molar-refractivity contribution in [2.24, 2.45) is 6.66 Å². The smallest absolute Gasteiger partial charge is 0.00761 e. The molecule has 0 saturated carbocycles. The molecular weight excluding hydrogens is 141 g/mol. The van der Waals surface area contributed by atoms with Crippen LogP contribution >= 0.6 is 23.3 Å². The van der Waals surface area contributed by atoms with Crippen LogP contribution in [-0.4, -0.2) is 0 Å². The summed E-state index contributed by atoms with van der Waals surface area (Å²) < 4.78 is 0. The Labute approximate surface area is 48.1 Å². The van der Waals surface area contributed by atoms with Crippen LogP contribution in [0.3, 0.4) is 0 Å². The van der Waals surface area contributed by atoms with Crippen LogP contribution in [0, 0.1) is 6.92 Å². The fourth-order valence-electron chi connectivity index (χ4n) is 0.374. The highest BCUT2D eigenvalue weighted by molar-refractivity contribution is 7.97. The monoisotopic (exact) mass is 149 g/mol. The minimum Gasteiger partial charge on any atom is -0.00761 e. The van der Waals surface area contributed by atoms with Crippen molar-refractivity contribution in [3.63, 3.8) is 0 Å². The summed E-state index contributed by atoms with van der Waals surface area (Å²) in [4.78, 5) is 0. The maximum absolute atomic E-state index is 2.43. The normalized spacial score (nSPS) is 14.3. The Bertz CT molecular complexity index is 139. The predicted octanol–water partition coefficient (Wildman–Crippen LogP) is 3.41. The highest BCUT2D eigenvalue weighted by atomic mass is 31.8. The third kappa shape index (κ3) is 1.26. The molecule has 0 aromatic carbocycles. The van der Waals surface area contributed by atoms with Gasteiger partial charge in [0.15, 0.2) is 7.87 Å². The van der Waals surface area contributed by atoms with Gasteiger partial charge in [-0.1, -0.05) is 0 Å². The van der Waals surface area contributed by atoms with Gasteiger partial charge in [-0.2, -0.15) is 0 Å². The second kappa shape index (κ2) is 2.27. The maximum Gasteiger partial charge on any atom is 0.172 e. The van der Waals surface area contributed by atoms with Crippen LogP contribution in [0.1, 0.15) is 5.03 Å². The van der Waals surface area contributed by atoms with Crippen LogP contribution in [0.2, 0.25) is 0 Å². The first kappa shape index (κ1) is 5.77. The Hall–Kier alpha value is 0.640. The minimum absolute atomic E-state index is 0.265. The summed E-state index contributed by atoms with van der Waals surface area (Å²) in [6.07, 6.45) is 0. The molecule has 0 amide bonds. The Balaban J connectivity index is 3.12. The molecule has 0 nitrogen and oxygen atoms in total. The number of hydrogen-bond acceptors (Lipinski definition) is 0. The van der Waals surface area contributed by atoms with Gasteiger partial charge in [0.1, 0.15) is 10.6 Å². The van der Waals surface area contributed by atoms with Gasteiger partial charge >= 0.3 is 0 Å². The Morgan fingerprint density at radius 2 is 2.57 bits per heavy atom. The summed E-state index contributed by atoms with van der Waals surface area (Å²) in [6.45, 7) is 4.61. The van der Waals surface area contributed by atoms with Crippen molar-refractivity contribution in [1.82, 2.24) is 0 Å². The first-order chi connectivity index (χ1) is 3.30. The minimum atomic E-state index is 0.265. The third-order valence-corrected chi connectivity index (χ3v) is 8.70. The number of rotatable bonds is 0. The molecule has 7 heavy (non-hydrogen) atoms. The third-order valence-electron chi connectivity index (χ3n) is 0.986. The zero-order valence-electron chi connectivity index (χ0n) is 4.47. The van der Waals surface area contributed by atoms with E-state index in [0.717, 1.165) is 7.87 Å². The van der Waals surface area contributed by atoms with Crippen molar-refractivity contribution < 1.29 is 0 Å². The predicted molar refractivity (Wildman–Crippen MR) is 41.3 cm³/mol. The fourth-order valence-corrected chi connectivity index (χ4v) is 7.91. The molecule has 2 unspecified atom stereocenters. The van der Waals surface area contributed by atoms with Crippen molar-refractivity contribution in [3.05, 3.63) is 10.6 Å². The van der Waals surface area contributed by atoms with Crippen LogP contribution in [-0.2, 0) is 6.66 Å². The molecular formula is C4H8P3+.